The van der Waals surface area contributed by atoms with Crippen LogP contribution >= 0.6 is 11.6 Å². The summed E-state index contributed by atoms with van der Waals surface area (Å²) in [4.78, 5) is 15.1. The summed E-state index contributed by atoms with van der Waals surface area (Å²) >= 11 is 5.73. The van der Waals surface area contributed by atoms with E-state index in [0.717, 1.165) is 6.42 Å². The zero-order chi connectivity index (χ0) is 9.68. The van der Waals surface area contributed by atoms with E-state index in [2.05, 4.69) is 4.98 Å². The molecule has 4 heteroatoms. The van der Waals surface area contributed by atoms with Gasteiger partial charge in [-0.25, -0.2) is 4.79 Å². The first kappa shape index (κ1) is 9.99. The first-order valence-electron chi connectivity index (χ1n) is 4.02. The van der Waals surface area contributed by atoms with Crippen molar-refractivity contribution in [3.8, 4) is 0 Å². The fraction of sp³-hybridized carbons (Fsp3) is 0.333. The van der Waals surface area contributed by atoms with Gasteiger partial charge in [-0.1, -0.05) is 18.5 Å². The molecule has 3 nitrogen and oxygen atoms in total. The Kier molecular flexibility index (Phi) is 3.71. The van der Waals surface area contributed by atoms with Crippen molar-refractivity contribution >= 4 is 17.6 Å². The van der Waals surface area contributed by atoms with E-state index in [-0.39, 0.29) is 0 Å². The standard InChI is InChI=1S/C9H10ClNO2/c1-2-5-13-9(12)7-3-4-11-6-8(7)10/h3-4,6H,2,5H2,1H3. The molecule has 1 aromatic heterocycles. The van der Waals surface area contributed by atoms with Crippen LogP contribution in [0.3, 0.4) is 0 Å². The van der Waals surface area contributed by atoms with Gasteiger partial charge in [-0.15, -0.1) is 0 Å². The van der Waals surface area contributed by atoms with Gasteiger partial charge >= 0.3 is 5.97 Å². The number of esters is 1. The van der Waals surface area contributed by atoms with Crippen LogP contribution in [0.1, 0.15) is 23.7 Å². The van der Waals surface area contributed by atoms with Crippen molar-refractivity contribution in [3.63, 3.8) is 0 Å². The van der Waals surface area contributed by atoms with E-state index in [1.807, 2.05) is 6.92 Å². The molecule has 1 aromatic rings. The number of carbonyl (C=O) groups excluding carboxylic acids is 1. The molecule has 0 atom stereocenters. The van der Waals surface area contributed by atoms with Crippen LogP contribution in [0.2, 0.25) is 5.02 Å². The molecule has 0 saturated carbocycles. The number of nitrogens with zero attached hydrogens (tertiary/aromatic N) is 1. The van der Waals surface area contributed by atoms with Crippen molar-refractivity contribution < 1.29 is 9.53 Å². The quantitative estimate of drug-likeness (QED) is 0.702. The second kappa shape index (κ2) is 4.82. The number of ether oxygens (including phenoxy) is 1. The molecule has 0 amide bonds. The van der Waals surface area contributed by atoms with Crippen molar-refractivity contribution in [2.75, 3.05) is 6.61 Å². The van der Waals surface area contributed by atoms with Gasteiger partial charge in [-0.05, 0) is 12.5 Å². The van der Waals surface area contributed by atoms with Gasteiger partial charge in [0, 0.05) is 12.4 Å². The van der Waals surface area contributed by atoms with Crippen molar-refractivity contribution in [3.05, 3.63) is 29.0 Å². The molecule has 0 aliphatic carbocycles. The molecular weight excluding hydrogens is 190 g/mol. The molecule has 0 unspecified atom stereocenters. The van der Waals surface area contributed by atoms with Crippen LogP contribution in [0, 0.1) is 0 Å². The predicted molar refractivity (Wildman–Crippen MR) is 49.8 cm³/mol. The third-order valence-corrected chi connectivity index (χ3v) is 1.73. The molecule has 0 aromatic carbocycles. The lowest BCUT2D eigenvalue weighted by Gasteiger charge is -2.03. The number of hydrogen-bond acceptors (Lipinski definition) is 3. The average Bonchev–Trinajstić information content (AvgIpc) is 2.15. The third kappa shape index (κ3) is 2.70. The van der Waals surface area contributed by atoms with Gasteiger partial charge in [0.15, 0.2) is 0 Å². The average molecular weight is 200 g/mol. The van der Waals surface area contributed by atoms with Crippen molar-refractivity contribution in [1.29, 1.82) is 0 Å². The highest BCUT2D eigenvalue weighted by atomic mass is 35.5. The molecule has 1 rings (SSSR count). The Morgan fingerprint density at radius 3 is 3.08 bits per heavy atom. The fourth-order valence-electron chi connectivity index (χ4n) is 0.813. The van der Waals surface area contributed by atoms with Crippen LogP contribution in [0.25, 0.3) is 0 Å². The molecule has 13 heavy (non-hydrogen) atoms. The highest BCUT2D eigenvalue weighted by molar-refractivity contribution is 6.33. The lowest BCUT2D eigenvalue weighted by molar-refractivity contribution is 0.0505. The minimum Gasteiger partial charge on any atom is -0.462 e. The third-order valence-electron chi connectivity index (χ3n) is 1.43. The van der Waals surface area contributed by atoms with Gasteiger partial charge in [0.2, 0.25) is 0 Å². The Balaban J connectivity index is 2.71. The summed E-state index contributed by atoms with van der Waals surface area (Å²) in [5.74, 6) is -0.394. The monoisotopic (exact) mass is 199 g/mol. The van der Waals surface area contributed by atoms with Gasteiger partial charge < -0.3 is 4.74 Å². The SMILES string of the molecule is CCCOC(=O)c1ccncc1Cl. The largest absolute Gasteiger partial charge is 0.462 e. The Morgan fingerprint density at radius 1 is 1.69 bits per heavy atom. The maximum absolute atomic E-state index is 11.3. The summed E-state index contributed by atoms with van der Waals surface area (Å²) in [5, 5.41) is 0.323. The highest BCUT2D eigenvalue weighted by Gasteiger charge is 2.10. The van der Waals surface area contributed by atoms with Gasteiger partial charge in [0.05, 0.1) is 17.2 Å². The summed E-state index contributed by atoms with van der Waals surface area (Å²) < 4.78 is 4.91. The van der Waals surface area contributed by atoms with Gasteiger partial charge in [-0.3, -0.25) is 4.98 Å². The van der Waals surface area contributed by atoms with Crippen LogP contribution in [-0.4, -0.2) is 17.6 Å². The van der Waals surface area contributed by atoms with Crippen LogP contribution in [0.4, 0.5) is 0 Å². The van der Waals surface area contributed by atoms with Crippen LogP contribution in [0.5, 0.6) is 0 Å². The maximum Gasteiger partial charge on any atom is 0.339 e. The van der Waals surface area contributed by atoms with E-state index in [1.54, 1.807) is 6.07 Å². The lowest BCUT2D eigenvalue weighted by atomic mass is 10.3. The van der Waals surface area contributed by atoms with E-state index in [1.165, 1.54) is 12.4 Å². The van der Waals surface area contributed by atoms with E-state index in [4.69, 9.17) is 16.3 Å². The van der Waals surface area contributed by atoms with Gasteiger partial charge in [0.1, 0.15) is 0 Å². The second-order valence-electron chi connectivity index (χ2n) is 2.49. The van der Waals surface area contributed by atoms with Crippen molar-refractivity contribution in [2.24, 2.45) is 0 Å². The molecule has 0 bridgehead atoms. The second-order valence-corrected chi connectivity index (χ2v) is 2.90. The Morgan fingerprint density at radius 2 is 2.46 bits per heavy atom. The number of hydrogen-bond donors (Lipinski definition) is 0. The van der Waals surface area contributed by atoms with Crippen LogP contribution in [0.15, 0.2) is 18.5 Å². The number of carbonyl (C=O) groups is 1. The molecular formula is C9H10ClNO2. The minimum absolute atomic E-state index is 0.323. The molecule has 0 aliphatic rings. The molecule has 70 valence electrons. The van der Waals surface area contributed by atoms with Crippen molar-refractivity contribution in [1.82, 2.24) is 4.98 Å². The Labute approximate surface area is 81.7 Å². The fourth-order valence-corrected chi connectivity index (χ4v) is 1.01. The smallest absolute Gasteiger partial charge is 0.339 e. The maximum atomic E-state index is 11.3. The molecule has 0 radical (unpaired) electrons. The van der Waals surface area contributed by atoms with E-state index in [9.17, 15) is 4.79 Å². The van der Waals surface area contributed by atoms with Gasteiger partial charge in [-0.2, -0.15) is 0 Å². The molecule has 0 saturated heterocycles. The zero-order valence-corrected chi connectivity index (χ0v) is 8.04. The number of pyridine rings is 1. The topological polar surface area (TPSA) is 39.2 Å². The molecule has 0 aliphatic heterocycles. The summed E-state index contributed by atoms with van der Waals surface area (Å²) in [7, 11) is 0. The Bertz CT molecular complexity index is 301. The molecule has 0 spiro atoms. The lowest BCUT2D eigenvalue weighted by Crippen LogP contribution is -2.06. The predicted octanol–water partition coefficient (Wildman–Crippen LogP) is 2.30. The van der Waals surface area contributed by atoms with E-state index < -0.39 is 5.97 Å². The van der Waals surface area contributed by atoms with E-state index >= 15 is 0 Å². The number of aromatic nitrogens is 1. The summed E-state index contributed by atoms with van der Waals surface area (Å²) in [6.45, 7) is 2.35. The summed E-state index contributed by atoms with van der Waals surface area (Å²) in [6, 6.07) is 1.54. The molecule has 0 fully saturated rings. The molecule has 1 heterocycles. The zero-order valence-electron chi connectivity index (χ0n) is 7.29. The first-order valence-corrected chi connectivity index (χ1v) is 4.40. The Hall–Kier alpha value is -1.09. The number of rotatable bonds is 3. The molecule has 0 N–H and O–H groups in total. The minimum atomic E-state index is -0.394. The number of halogens is 1. The van der Waals surface area contributed by atoms with E-state index in [0.29, 0.717) is 17.2 Å². The van der Waals surface area contributed by atoms with Crippen LogP contribution in [-0.2, 0) is 4.74 Å². The first-order chi connectivity index (χ1) is 6.25. The van der Waals surface area contributed by atoms with Crippen molar-refractivity contribution in [2.45, 2.75) is 13.3 Å². The van der Waals surface area contributed by atoms with Gasteiger partial charge in [0.25, 0.3) is 0 Å². The van der Waals surface area contributed by atoms with Crippen LogP contribution < -0.4 is 0 Å². The highest BCUT2D eigenvalue weighted by Crippen LogP contribution is 2.14. The normalized spacial score (nSPS) is 9.69. The summed E-state index contributed by atoms with van der Waals surface area (Å²) in [5.41, 5.74) is 0.366. The summed E-state index contributed by atoms with van der Waals surface area (Å²) in [6.07, 6.45) is 3.73.